The normalized spacial score (nSPS) is 11.9. The van der Waals surface area contributed by atoms with Crippen molar-refractivity contribution in [2.45, 2.75) is 23.5 Å². The maximum atomic E-state index is 12.0. The molecule has 0 bridgehead atoms. The third kappa shape index (κ3) is 4.81. The number of benzene rings is 1. The minimum Gasteiger partial charge on any atom is -0.355 e. The van der Waals surface area contributed by atoms with Gasteiger partial charge in [0.1, 0.15) is 0 Å². The van der Waals surface area contributed by atoms with Crippen LogP contribution in [0, 0.1) is 10.1 Å². The van der Waals surface area contributed by atoms with Gasteiger partial charge in [0.25, 0.3) is 5.69 Å². The van der Waals surface area contributed by atoms with Crippen molar-refractivity contribution >= 4 is 34.7 Å². The lowest BCUT2D eigenvalue weighted by atomic mass is 10.3. The molecule has 0 unspecified atom stereocenters. The molecule has 8 heteroatoms. The summed E-state index contributed by atoms with van der Waals surface area (Å²) in [6.07, 6.45) is 0.712. The number of non-ortho nitro benzene ring substituents is 1. The quantitative estimate of drug-likeness (QED) is 0.477. The third-order valence-corrected chi connectivity index (χ3v) is 4.64. The molecule has 0 saturated heterocycles. The van der Waals surface area contributed by atoms with Crippen molar-refractivity contribution in [3.63, 3.8) is 0 Å². The number of amides is 1. The number of nitro benzene ring substituents is 1. The Kier molecular flexibility index (Phi) is 5.91. The maximum Gasteiger partial charge on any atom is 0.269 e. The largest absolute Gasteiger partial charge is 0.355 e. The van der Waals surface area contributed by atoms with Crippen LogP contribution in [0.2, 0.25) is 0 Å². The predicted molar refractivity (Wildman–Crippen MR) is 87.2 cm³/mol. The van der Waals surface area contributed by atoms with Gasteiger partial charge in [-0.2, -0.15) is 0 Å². The lowest BCUT2D eigenvalue weighted by molar-refractivity contribution is -0.384. The van der Waals surface area contributed by atoms with Crippen molar-refractivity contribution in [1.82, 2.24) is 10.3 Å². The molecular weight excluding hydrogens is 322 g/mol. The highest BCUT2D eigenvalue weighted by Crippen LogP contribution is 2.25. The highest BCUT2D eigenvalue weighted by molar-refractivity contribution is 8.00. The zero-order chi connectivity index (χ0) is 15.9. The lowest BCUT2D eigenvalue weighted by Crippen LogP contribution is -2.32. The summed E-state index contributed by atoms with van der Waals surface area (Å²) in [6, 6.07) is 6.19. The molecule has 116 valence electrons. The number of aromatic nitrogens is 1. The summed E-state index contributed by atoms with van der Waals surface area (Å²) in [5.74, 6) is -0.0569. The zero-order valence-electron chi connectivity index (χ0n) is 11.9. The van der Waals surface area contributed by atoms with Crippen LogP contribution < -0.4 is 5.32 Å². The van der Waals surface area contributed by atoms with E-state index in [-0.39, 0.29) is 16.8 Å². The molecule has 1 heterocycles. The van der Waals surface area contributed by atoms with Crippen molar-refractivity contribution in [2.75, 3.05) is 6.54 Å². The number of hydrogen-bond acceptors (Lipinski definition) is 6. The van der Waals surface area contributed by atoms with Crippen LogP contribution in [0.4, 0.5) is 5.69 Å². The van der Waals surface area contributed by atoms with Gasteiger partial charge in [0, 0.05) is 35.4 Å². The second kappa shape index (κ2) is 7.90. The third-order valence-electron chi connectivity index (χ3n) is 2.89. The fourth-order valence-corrected chi connectivity index (χ4v) is 3.21. The van der Waals surface area contributed by atoms with Crippen molar-refractivity contribution < 1.29 is 9.72 Å². The van der Waals surface area contributed by atoms with E-state index < -0.39 is 4.92 Å². The minimum atomic E-state index is -0.441. The van der Waals surface area contributed by atoms with Gasteiger partial charge in [0.05, 0.1) is 21.4 Å². The molecule has 2 aromatic rings. The average Bonchev–Trinajstić information content (AvgIpc) is 3.01. The van der Waals surface area contributed by atoms with Crippen molar-refractivity contribution in [1.29, 1.82) is 0 Å². The van der Waals surface area contributed by atoms with Crippen LogP contribution >= 0.6 is 23.1 Å². The Bertz CT molecular complexity index is 629. The SMILES string of the molecule is C[C@@H](Sc1ccc([N+](=O)[O-])cc1)C(=O)NCCc1cscn1. The van der Waals surface area contributed by atoms with Crippen LogP contribution in [0.25, 0.3) is 0 Å². The number of carbonyl (C=O) groups is 1. The fraction of sp³-hybridized carbons (Fsp3) is 0.286. The number of nitrogens with one attached hydrogen (secondary N) is 1. The van der Waals surface area contributed by atoms with Gasteiger partial charge >= 0.3 is 0 Å². The molecule has 0 saturated carbocycles. The first-order valence-corrected chi connectivity index (χ1v) is 8.44. The highest BCUT2D eigenvalue weighted by Gasteiger charge is 2.14. The average molecular weight is 337 g/mol. The van der Waals surface area contributed by atoms with Crippen LogP contribution in [-0.4, -0.2) is 27.6 Å². The van der Waals surface area contributed by atoms with Crippen LogP contribution in [0.15, 0.2) is 40.1 Å². The van der Waals surface area contributed by atoms with Crippen molar-refractivity contribution in [3.8, 4) is 0 Å². The second-order valence-corrected chi connectivity index (χ2v) is 6.66. The van der Waals surface area contributed by atoms with Gasteiger partial charge in [-0.25, -0.2) is 4.98 Å². The summed E-state index contributed by atoms with van der Waals surface area (Å²) in [7, 11) is 0. The summed E-state index contributed by atoms with van der Waals surface area (Å²) in [6.45, 7) is 2.36. The molecule has 1 aromatic heterocycles. The minimum absolute atomic E-state index is 0.0460. The Hall–Kier alpha value is -1.93. The molecule has 0 aliphatic rings. The number of rotatable bonds is 7. The molecule has 1 atom stereocenters. The Morgan fingerprint density at radius 1 is 1.45 bits per heavy atom. The molecule has 1 amide bonds. The number of carbonyl (C=O) groups excluding carboxylic acids is 1. The zero-order valence-corrected chi connectivity index (χ0v) is 13.5. The Morgan fingerprint density at radius 2 is 2.18 bits per heavy atom. The molecule has 0 radical (unpaired) electrons. The molecule has 2 rings (SSSR count). The van der Waals surface area contributed by atoms with Crippen molar-refractivity contribution in [3.05, 3.63) is 51.0 Å². The van der Waals surface area contributed by atoms with E-state index in [2.05, 4.69) is 10.3 Å². The lowest BCUT2D eigenvalue weighted by Gasteiger charge is -2.11. The highest BCUT2D eigenvalue weighted by atomic mass is 32.2. The van der Waals surface area contributed by atoms with Crippen LogP contribution in [0.5, 0.6) is 0 Å². The first-order valence-electron chi connectivity index (χ1n) is 6.62. The smallest absolute Gasteiger partial charge is 0.269 e. The molecule has 22 heavy (non-hydrogen) atoms. The van der Waals surface area contributed by atoms with E-state index in [1.807, 2.05) is 12.3 Å². The van der Waals surface area contributed by atoms with Gasteiger partial charge in [0.15, 0.2) is 0 Å². The molecule has 0 aliphatic heterocycles. The Labute approximate surface area is 136 Å². The molecule has 1 aromatic carbocycles. The predicted octanol–water partition coefficient (Wildman–Crippen LogP) is 2.89. The number of thioether (sulfide) groups is 1. The van der Waals surface area contributed by atoms with Crippen LogP contribution in [-0.2, 0) is 11.2 Å². The number of nitrogens with zero attached hydrogens (tertiary/aromatic N) is 2. The van der Waals surface area contributed by atoms with Gasteiger partial charge in [-0.15, -0.1) is 23.1 Å². The fourth-order valence-electron chi connectivity index (χ4n) is 1.72. The number of nitro groups is 1. The first-order chi connectivity index (χ1) is 10.6. The van der Waals surface area contributed by atoms with Crippen LogP contribution in [0.3, 0.4) is 0 Å². The van der Waals surface area contributed by atoms with E-state index in [4.69, 9.17) is 0 Å². The van der Waals surface area contributed by atoms with Crippen LogP contribution in [0.1, 0.15) is 12.6 Å². The topological polar surface area (TPSA) is 85.1 Å². The molecule has 1 N–H and O–H groups in total. The molecule has 6 nitrogen and oxygen atoms in total. The summed E-state index contributed by atoms with van der Waals surface area (Å²) in [5, 5.41) is 15.1. The van der Waals surface area contributed by atoms with Gasteiger partial charge < -0.3 is 5.32 Å². The van der Waals surface area contributed by atoms with Gasteiger partial charge in [-0.3, -0.25) is 14.9 Å². The molecule has 0 aliphatic carbocycles. The van der Waals surface area contributed by atoms with Gasteiger partial charge in [-0.05, 0) is 19.1 Å². The Balaban J connectivity index is 1.79. The van der Waals surface area contributed by atoms with E-state index in [0.717, 1.165) is 10.6 Å². The van der Waals surface area contributed by atoms with Gasteiger partial charge in [0.2, 0.25) is 5.91 Å². The van der Waals surface area contributed by atoms with E-state index >= 15 is 0 Å². The second-order valence-electron chi connectivity index (χ2n) is 4.53. The number of thiazole rings is 1. The molecular formula is C14H15N3O3S2. The van der Waals surface area contributed by atoms with E-state index in [9.17, 15) is 14.9 Å². The molecule has 0 spiro atoms. The summed E-state index contributed by atoms with van der Waals surface area (Å²) in [5.41, 5.74) is 2.79. The van der Waals surface area contributed by atoms with Crippen molar-refractivity contribution in [2.24, 2.45) is 0 Å². The maximum absolute atomic E-state index is 12.0. The van der Waals surface area contributed by atoms with Gasteiger partial charge in [-0.1, -0.05) is 0 Å². The number of hydrogen-bond donors (Lipinski definition) is 1. The molecule has 0 fully saturated rings. The van der Waals surface area contributed by atoms with E-state index in [1.54, 1.807) is 17.6 Å². The van der Waals surface area contributed by atoms with E-state index in [1.165, 1.54) is 35.2 Å². The Morgan fingerprint density at radius 3 is 2.77 bits per heavy atom. The summed E-state index contributed by atoms with van der Waals surface area (Å²) >= 11 is 2.91. The van der Waals surface area contributed by atoms with E-state index in [0.29, 0.717) is 13.0 Å². The standard InChI is InChI=1S/C14H15N3O3S2/c1-10(14(18)15-7-6-11-8-21-9-16-11)22-13-4-2-12(3-5-13)17(19)20/h2-5,8-10H,6-7H2,1H3,(H,15,18)/t10-/m1/s1. The first kappa shape index (κ1) is 16.4. The summed E-state index contributed by atoms with van der Waals surface area (Å²) in [4.78, 5) is 27.1. The summed E-state index contributed by atoms with van der Waals surface area (Å²) < 4.78 is 0. The monoisotopic (exact) mass is 337 g/mol.